The van der Waals surface area contributed by atoms with E-state index in [9.17, 15) is 0 Å². The van der Waals surface area contributed by atoms with Gasteiger partial charge in [0.1, 0.15) is 12.4 Å². The third-order valence-corrected chi connectivity index (χ3v) is 3.28. The fourth-order valence-corrected chi connectivity index (χ4v) is 2.14. The number of hydrogen-bond acceptors (Lipinski definition) is 3. The van der Waals surface area contributed by atoms with Crippen LogP contribution in [-0.2, 0) is 19.5 Å². The van der Waals surface area contributed by atoms with E-state index < -0.39 is 0 Å². The summed E-state index contributed by atoms with van der Waals surface area (Å²) in [5.74, 6) is 0.872. The van der Waals surface area contributed by atoms with Gasteiger partial charge in [-0.05, 0) is 35.7 Å². The van der Waals surface area contributed by atoms with Gasteiger partial charge in [-0.25, -0.2) is 0 Å². The van der Waals surface area contributed by atoms with E-state index in [2.05, 4.69) is 42.0 Å². The smallest absolute Gasteiger partial charge is 0.119 e. The Balaban J connectivity index is 1.84. The van der Waals surface area contributed by atoms with Gasteiger partial charge in [-0.3, -0.25) is 4.98 Å². The molecule has 0 unspecified atom stereocenters. The van der Waals surface area contributed by atoms with Crippen LogP contribution in [0.25, 0.3) is 0 Å². The summed E-state index contributed by atoms with van der Waals surface area (Å²) in [5, 5.41) is 3.44. The summed E-state index contributed by atoms with van der Waals surface area (Å²) >= 11 is 0. The molecule has 0 aliphatic carbocycles. The van der Waals surface area contributed by atoms with Crippen molar-refractivity contribution in [3.05, 3.63) is 72.1 Å². The van der Waals surface area contributed by atoms with Crippen molar-refractivity contribution in [2.45, 2.75) is 26.4 Å². The molecule has 0 bridgehead atoms. The number of nitrogens with one attached hydrogen (secondary N) is 1. The lowest BCUT2D eigenvalue weighted by molar-refractivity contribution is 0.363. The van der Waals surface area contributed by atoms with Crippen LogP contribution in [0, 0.1) is 0 Å². The Kier molecular flexibility index (Phi) is 5.98. The minimum absolute atomic E-state index is 0.539. The third kappa shape index (κ3) is 4.72. The SMILES string of the molecule is C=CCOc1ccc(CNCc2ncccc2CC)cc1. The number of pyridine rings is 1. The standard InChI is InChI=1S/C18H22N2O/c1-3-12-21-17-9-7-15(8-10-17)13-19-14-18-16(4-2)6-5-11-20-18/h3,5-11,19H,1,4,12-14H2,2H3. The monoisotopic (exact) mass is 282 g/mol. The predicted molar refractivity (Wildman–Crippen MR) is 86.3 cm³/mol. The summed E-state index contributed by atoms with van der Waals surface area (Å²) in [6.07, 6.45) is 4.61. The van der Waals surface area contributed by atoms with E-state index in [4.69, 9.17) is 4.74 Å². The fourth-order valence-electron chi connectivity index (χ4n) is 2.14. The van der Waals surface area contributed by atoms with Gasteiger partial charge in [0.05, 0.1) is 5.69 Å². The molecule has 3 nitrogen and oxygen atoms in total. The minimum atomic E-state index is 0.539. The maximum Gasteiger partial charge on any atom is 0.119 e. The van der Waals surface area contributed by atoms with Crippen LogP contribution in [0.15, 0.2) is 55.3 Å². The average Bonchev–Trinajstić information content (AvgIpc) is 2.54. The van der Waals surface area contributed by atoms with Crippen molar-refractivity contribution in [3.63, 3.8) is 0 Å². The van der Waals surface area contributed by atoms with Crippen LogP contribution in [0.1, 0.15) is 23.7 Å². The van der Waals surface area contributed by atoms with Gasteiger partial charge in [0.15, 0.2) is 0 Å². The maximum absolute atomic E-state index is 5.47. The topological polar surface area (TPSA) is 34.1 Å². The molecule has 1 heterocycles. The Morgan fingerprint density at radius 3 is 2.71 bits per heavy atom. The highest BCUT2D eigenvalue weighted by molar-refractivity contribution is 5.27. The van der Waals surface area contributed by atoms with Crippen molar-refractivity contribution in [2.75, 3.05) is 6.61 Å². The van der Waals surface area contributed by atoms with Crippen molar-refractivity contribution >= 4 is 0 Å². The number of aryl methyl sites for hydroxylation is 1. The largest absolute Gasteiger partial charge is 0.490 e. The quantitative estimate of drug-likeness (QED) is 0.752. The molecule has 0 aliphatic rings. The van der Waals surface area contributed by atoms with E-state index in [0.29, 0.717) is 6.61 Å². The van der Waals surface area contributed by atoms with Crippen LogP contribution in [0.5, 0.6) is 5.75 Å². The van der Waals surface area contributed by atoms with E-state index in [1.807, 2.05) is 24.4 Å². The highest BCUT2D eigenvalue weighted by Crippen LogP contribution is 2.12. The molecule has 2 aromatic rings. The average molecular weight is 282 g/mol. The van der Waals surface area contributed by atoms with E-state index >= 15 is 0 Å². The molecule has 21 heavy (non-hydrogen) atoms. The first-order valence-electron chi connectivity index (χ1n) is 7.29. The van der Waals surface area contributed by atoms with Crippen molar-refractivity contribution < 1.29 is 4.74 Å². The second-order valence-electron chi connectivity index (χ2n) is 4.81. The Hall–Kier alpha value is -2.13. The van der Waals surface area contributed by atoms with Gasteiger partial charge in [0.2, 0.25) is 0 Å². The molecule has 110 valence electrons. The van der Waals surface area contributed by atoms with Crippen molar-refractivity contribution in [1.82, 2.24) is 10.3 Å². The van der Waals surface area contributed by atoms with Crippen LogP contribution in [0.2, 0.25) is 0 Å². The van der Waals surface area contributed by atoms with Crippen LogP contribution in [0.3, 0.4) is 0 Å². The minimum Gasteiger partial charge on any atom is -0.490 e. The fraction of sp³-hybridized carbons (Fsp3) is 0.278. The molecule has 0 saturated heterocycles. The summed E-state index contributed by atoms with van der Waals surface area (Å²) in [5.41, 5.74) is 3.67. The number of ether oxygens (including phenoxy) is 1. The van der Waals surface area contributed by atoms with Gasteiger partial charge in [-0.2, -0.15) is 0 Å². The number of benzene rings is 1. The van der Waals surface area contributed by atoms with Gasteiger partial charge in [0, 0.05) is 19.3 Å². The number of hydrogen-bond donors (Lipinski definition) is 1. The summed E-state index contributed by atoms with van der Waals surface area (Å²) < 4.78 is 5.47. The molecule has 1 aromatic heterocycles. The van der Waals surface area contributed by atoms with Gasteiger partial charge in [0.25, 0.3) is 0 Å². The van der Waals surface area contributed by atoms with E-state index in [1.54, 1.807) is 6.08 Å². The summed E-state index contributed by atoms with van der Waals surface area (Å²) in [7, 11) is 0. The molecule has 2 rings (SSSR count). The maximum atomic E-state index is 5.47. The first-order valence-corrected chi connectivity index (χ1v) is 7.29. The molecule has 0 spiro atoms. The normalized spacial score (nSPS) is 10.3. The Labute approximate surface area is 126 Å². The lowest BCUT2D eigenvalue weighted by Gasteiger charge is -2.09. The summed E-state index contributed by atoms with van der Waals surface area (Å²) in [6.45, 7) is 7.94. The predicted octanol–water partition coefficient (Wildman–Crippen LogP) is 3.50. The van der Waals surface area contributed by atoms with Gasteiger partial charge >= 0.3 is 0 Å². The molecule has 1 N–H and O–H groups in total. The van der Waals surface area contributed by atoms with Gasteiger partial charge < -0.3 is 10.1 Å². The Morgan fingerprint density at radius 2 is 2.00 bits per heavy atom. The molecule has 0 amide bonds. The van der Waals surface area contributed by atoms with Crippen LogP contribution in [-0.4, -0.2) is 11.6 Å². The molecule has 0 aliphatic heterocycles. The molecule has 1 aromatic carbocycles. The van der Waals surface area contributed by atoms with Crippen LogP contribution >= 0.6 is 0 Å². The highest BCUT2D eigenvalue weighted by atomic mass is 16.5. The molecular weight excluding hydrogens is 260 g/mol. The Morgan fingerprint density at radius 1 is 1.19 bits per heavy atom. The molecule has 0 fully saturated rings. The number of rotatable bonds is 8. The highest BCUT2D eigenvalue weighted by Gasteiger charge is 2.01. The second-order valence-corrected chi connectivity index (χ2v) is 4.81. The Bertz CT molecular complexity index is 564. The van der Waals surface area contributed by atoms with Crippen molar-refractivity contribution in [3.8, 4) is 5.75 Å². The molecule has 3 heteroatoms. The lowest BCUT2D eigenvalue weighted by atomic mass is 10.1. The van der Waals surface area contributed by atoms with E-state index in [0.717, 1.165) is 31.0 Å². The van der Waals surface area contributed by atoms with Crippen LogP contribution in [0.4, 0.5) is 0 Å². The molecule has 0 atom stereocenters. The van der Waals surface area contributed by atoms with Crippen molar-refractivity contribution in [2.24, 2.45) is 0 Å². The van der Waals surface area contributed by atoms with Gasteiger partial charge in [-0.1, -0.05) is 37.8 Å². The first-order chi connectivity index (χ1) is 10.3. The zero-order valence-electron chi connectivity index (χ0n) is 12.5. The van der Waals surface area contributed by atoms with Crippen molar-refractivity contribution in [1.29, 1.82) is 0 Å². The van der Waals surface area contributed by atoms with E-state index in [1.165, 1.54) is 11.1 Å². The van der Waals surface area contributed by atoms with Gasteiger partial charge in [-0.15, -0.1) is 0 Å². The second kappa shape index (κ2) is 8.22. The third-order valence-electron chi connectivity index (χ3n) is 3.28. The molecule has 0 saturated carbocycles. The summed E-state index contributed by atoms with van der Waals surface area (Å²) in [4.78, 5) is 4.44. The zero-order chi connectivity index (χ0) is 14.9. The number of nitrogens with zero attached hydrogens (tertiary/aromatic N) is 1. The number of aromatic nitrogens is 1. The zero-order valence-corrected chi connectivity index (χ0v) is 12.5. The lowest BCUT2D eigenvalue weighted by Crippen LogP contribution is -2.15. The first kappa shape index (κ1) is 15.3. The van der Waals surface area contributed by atoms with Crippen LogP contribution < -0.4 is 10.1 Å². The molecular formula is C18H22N2O. The summed E-state index contributed by atoms with van der Waals surface area (Å²) in [6, 6.07) is 12.2. The van der Waals surface area contributed by atoms with E-state index in [-0.39, 0.29) is 0 Å². The molecule has 0 radical (unpaired) electrons.